The summed E-state index contributed by atoms with van der Waals surface area (Å²) in [5.41, 5.74) is 2.94. The second-order valence-electron chi connectivity index (χ2n) is 6.94. The number of anilines is 2. The van der Waals surface area contributed by atoms with E-state index in [9.17, 15) is 4.79 Å². The molecule has 2 aromatic carbocycles. The molecule has 0 bridgehead atoms. The first-order chi connectivity index (χ1) is 13.5. The Hall–Kier alpha value is -2.50. The van der Waals surface area contributed by atoms with Crippen molar-refractivity contribution in [3.05, 3.63) is 80.7 Å². The Bertz CT molecular complexity index is 1050. The van der Waals surface area contributed by atoms with Gasteiger partial charge in [0.2, 0.25) is 0 Å². The van der Waals surface area contributed by atoms with E-state index in [2.05, 4.69) is 15.3 Å². The molecule has 0 saturated carbocycles. The van der Waals surface area contributed by atoms with Crippen LogP contribution in [0.5, 0.6) is 0 Å². The molecule has 5 nitrogen and oxygen atoms in total. The van der Waals surface area contributed by atoms with Crippen LogP contribution in [0.3, 0.4) is 0 Å². The highest BCUT2D eigenvalue weighted by Crippen LogP contribution is 2.27. The van der Waals surface area contributed by atoms with Crippen molar-refractivity contribution in [1.82, 2.24) is 9.78 Å². The Morgan fingerprint density at radius 2 is 1.93 bits per heavy atom. The standard InChI is InChI=1S/C21H20Cl2N4O/c1-14-7-8-17(11-18(14)22)27-21(28)20(23)19(12-24-27)26-10-9-16(13-26)25-15-5-3-2-4-6-15/h2-8,11-12,16,25H,9-10,13H2,1H3. The van der Waals surface area contributed by atoms with Crippen molar-refractivity contribution in [2.75, 3.05) is 23.3 Å². The second-order valence-corrected chi connectivity index (χ2v) is 7.72. The van der Waals surface area contributed by atoms with E-state index in [1.165, 1.54) is 4.68 Å². The Kier molecular flexibility index (Phi) is 5.29. The van der Waals surface area contributed by atoms with Gasteiger partial charge in [0.15, 0.2) is 0 Å². The van der Waals surface area contributed by atoms with Crippen LogP contribution in [0, 0.1) is 6.92 Å². The van der Waals surface area contributed by atoms with Crippen molar-refractivity contribution in [2.45, 2.75) is 19.4 Å². The zero-order valence-corrected chi connectivity index (χ0v) is 16.9. The number of para-hydroxylation sites is 1. The number of halogens is 2. The minimum absolute atomic E-state index is 0.173. The highest BCUT2D eigenvalue weighted by molar-refractivity contribution is 6.33. The Morgan fingerprint density at radius 1 is 1.14 bits per heavy atom. The van der Waals surface area contributed by atoms with E-state index >= 15 is 0 Å². The summed E-state index contributed by atoms with van der Waals surface area (Å²) in [5, 5.41) is 8.61. The Balaban J connectivity index is 1.55. The lowest BCUT2D eigenvalue weighted by atomic mass is 10.2. The van der Waals surface area contributed by atoms with Gasteiger partial charge in [-0.2, -0.15) is 9.78 Å². The minimum atomic E-state index is -0.349. The largest absolute Gasteiger partial charge is 0.380 e. The van der Waals surface area contributed by atoms with E-state index in [0.29, 0.717) is 16.4 Å². The fraction of sp³-hybridized carbons (Fsp3) is 0.238. The molecule has 4 rings (SSSR count). The van der Waals surface area contributed by atoms with Gasteiger partial charge in [0.05, 0.1) is 17.6 Å². The zero-order chi connectivity index (χ0) is 19.7. The molecule has 1 aromatic heterocycles. The molecule has 0 spiro atoms. The van der Waals surface area contributed by atoms with Gasteiger partial charge in [-0.05, 0) is 43.2 Å². The number of aromatic nitrogens is 2. The maximum atomic E-state index is 12.8. The van der Waals surface area contributed by atoms with Crippen molar-refractivity contribution < 1.29 is 0 Å². The van der Waals surface area contributed by atoms with Crippen LogP contribution in [-0.4, -0.2) is 28.9 Å². The lowest BCUT2D eigenvalue weighted by Gasteiger charge is -2.20. The van der Waals surface area contributed by atoms with Crippen LogP contribution < -0.4 is 15.8 Å². The lowest BCUT2D eigenvalue weighted by Crippen LogP contribution is -2.29. The summed E-state index contributed by atoms with van der Waals surface area (Å²) in [7, 11) is 0. The number of hydrogen-bond acceptors (Lipinski definition) is 4. The summed E-state index contributed by atoms with van der Waals surface area (Å²) >= 11 is 12.6. The van der Waals surface area contributed by atoms with Gasteiger partial charge in [0.25, 0.3) is 5.56 Å². The number of benzene rings is 2. The predicted molar refractivity (Wildman–Crippen MR) is 115 cm³/mol. The van der Waals surface area contributed by atoms with E-state index in [1.54, 1.807) is 18.3 Å². The molecule has 0 aliphatic carbocycles. The van der Waals surface area contributed by atoms with Crippen LogP contribution in [0.4, 0.5) is 11.4 Å². The van der Waals surface area contributed by atoms with Crippen LogP contribution in [0.25, 0.3) is 5.69 Å². The average Bonchev–Trinajstić information content (AvgIpc) is 3.15. The molecule has 0 amide bonds. The molecule has 3 aromatic rings. The van der Waals surface area contributed by atoms with Gasteiger partial charge in [-0.25, -0.2) is 0 Å². The highest BCUT2D eigenvalue weighted by atomic mass is 35.5. The zero-order valence-electron chi connectivity index (χ0n) is 15.4. The molecule has 1 fully saturated rings. The molecule has 2 heterocycles. The lowest BCUT2D eigenvalue weighted by molar-refractivity contribution is 0.792. The molecule has 7 heteroatoms. The monoisotopic (exact) mass is 414 g/mol. The topological polar surface area (TPSA) is 50.2 Å². The number of nitrogens with one attached hydrogen (secondary N) is 1. The smallest absolute Gasteiger partial charge is 0.292 e. The molecule has 1 aliphatic rings. The van der Waals surface area contributed by atoms with Gasteiger partial charge in [0, 0.05) is 29.8 Å². The quantitative estimate of drug-likeness (QED) is 0.680. The van der Waals surface area contributed by atoms with Crippen molar-refractivity contribution in [3.63, 3.8) is 0 Å². The number of rotatable bonds is 4. The summed E-state index contributed by atoms with van der Waals surface area (Å²) in [5.74, 6) is 0. The van der Waals surface area contributed by atoms with E-state index in [1.807, 2.05) is 43.3 Å². The highest BCUT2D eigenvalue weighted by Gasteiger charge is 2.25. The van der Waals surface area contributed by atoms with E-state index in [0.717, 1.165) is 30.8 Å². The molecule has 1 aliphatic heterocycles. The molecule has 28 heavy (non-hydrogen) atoms. The average molecular weight is 415 g/mol. The normalized spacial score (nSPS) is 16.4. The minimum Gasteiger partial charge on any atom is -0.380 e. The summed E-state index contributed by atoms with van der Waals surface area (Å²) in [6.45, 7) is 3.48. The number of aryl methyl sites for hydroxylation is 1. The second kappa shape index (κ2) is 7.86. The van der Waals surface area contributed by atoms with Gasteiger partial charge in [-0.3, -0.25) is 4.79 Å². The van der Waals surface area contributed by atoms with Gasteiger partial charge >= 0.3 is 0 Å². The molecule has 1 N–H and O–H groups in total. The molecule has 1 unspecified atom stereocenters. The van der Waals surface area contributed by atoms with Gasteiger partial charge < -0.3 is 10.2 Å². The van der Waals surface area contributed by atoms with Crippen LogP contribution in [-0.2, 0) is 0 Å². The third-order valence-electron chi connectivity index (χ3n) is 4.97. The first-order valence-corrected chi connectivity index (χ1v) is 9.89. The van der Waals surface area contributed by atoms with E-state index in [4.69, 9.17) is 23.2 Å². The van der Waals surface area contributed by atoms with Crippen LogP contribution in [0.1, 0.15) is 12.0 Å². The van der Waals surface area contributed by atoms with Crippen molar-refractivity contribution in [3.8, 4) is 5.69 Å². The van der Waals surface area contributed by atoms with Crippen molar-refractivity contribution in [1.29, 1.82) is 0 Å². The SMILES string of the molecule is Cc1ccc(-n2ncc(N3CCC(Nc4ccccc4)C3)c(Cl)c2=O)cc1Cl. The predicted octanol–water partition coefficient (Wildman–Crippen LogP) is 4.54. The summed E-state index contributed by atoms with van der Waals surface area (Å²) in [6, 6.07) is 15.8. The first-order valence-electron chi connectivity index (χ1n) is 9.14. The van der Waals surface area contributed by atoms with Gasteiger partial charge in [-0.1, -0.05) is 47.5 Å². The third kappa shape index (κ3) is 3.73. The first kappa shape index (κ1) is 18.8. The summed E-state index contributed by atoms with van der Waals surface area (Å²) in [6.07, 6.45) is 2.62. The van der Waals surface area contributed by atoms with Crippen LogP contribution in [0.2, 0.25) is 10.0 Å². The molecule has 1 saturated heterocycles. The fourth-order valence-corrected chi connectivity index (χ4v) is 3.83. The molecular weight excluding hydrogens is 395 g/mol. The third-order valence-corrected chi connectivity index (χ3v) is 5.74. The number of nitrogens with zero attached hydrogens (tertiary/aromatic N) is 3. The van der Waals surface area contributed by atoms with Crippen LogP contribution in [0.15, 0.2) is 59.5 Å². The van der Waals surface area contributed by atoms with Gasteiger partial charge in [-0.15, -0.1) is 0 Å². The summed E-state index contributed by atoms with van der Waals surface area (Å²) in [4.78, 5) is 14.9. The Labute approximate surface area is 173 Å². The maximum Gasteiger partial charge on any atom is 0.292 e. The Morgan fingerprint density at radius 3 is 2.68 bits per heavy atom. The van der Waals surface area contributed by atoms with E-state index < -0.39 is 0 Å². The van der Waals surface area contributed by atoms with Crippen LogP contribution >= 0.6 is 23.2 Å². The molecule has 1 atom stereocenters. The van der Waals surface area contributed by atoms with Gasteiger partial charge in [0.1, 0.15) is 5.02 Å². The fourth-order valence-electron chi connectivity index (χ4n) is 3.41. The summed E-state index contributed by atoms with van der Waals surface area (Å²) < 4.78 is 1.28. The van der Waals surface area contributed by atoms with E-state index in [-0.39, 0.29) is 16.6 Å². The number of hydrogen-bond donors (Lipinski definition) is 1. The van der Waals surface area contributed by atoms with Crippen molar-refractivity contribution >= 4 is 34.6 Å². The van der Waals surface area contributed by atoms with Crippen molar-refractivity contribution in [2.24, 2.45) is 0 Å². The molecular formula is C21H20Cl2N4O. The molecule has 144 valence electrons. The maximum absolute atomic E-state index is 12.8. The molecule has 0 radical (unpaired) electrons.